The van der Waals surface area contributed by atoms with E-state index in [-0.39, 0.29) is 53.1 Å². The number of rotatable bonds is 12. The Hall–Kier alpha value is -0.200. The topological polar surface area (TPSA) is 0 Å². The Morgan fingerprint density at radius 3 is 0.750 bits per heavy atom. The van der Waals surface area contributed by atoms with Crippen LogP contribution in [0.4, 0.5) is 0 Å². The highest BCUT2D eigenvalue weighted by atomic mass is 35.5. The van der Waals surface area contributed by atoms with E-state index >= 15 is 0 Å². The SMILES string of the molecule is CC(C)(Cl)CC(C)(C)C(C)(C)C(C)(C)C(C)(C)c1ccc(C(C)(C)C(C)(C)C(C)(C)C(C)(C)CC(C)(C)Cl)cc1. The lowest BCUT2D eigenvalue weighted by atomic mass is 9.44. The van der Waals surface area contributed by atoms with Crippen molar-refractivity contribution < 1.29 is 0 Å². The molecule has 0 spiro atoms. The summed E-state index contributed by atoms with van der Waals surface area (Å²) < 4.78 is 0. The number of hydrogen-bond acceptors (Lipinski definition) is 0. The van der Waals surface area contributed by atoms with Gasteiger partial charge in [0.1, 0.15) is 0 Å². The molecular formula is C38H68Cl2. The molecule has 0 saturated carbocycles. The summed E-state index contributed by atoms with van der Waals surface area (Å²) in [6.07, 6.45) is 1.92. The van der Waals surface area contributed by atoms with Crippen LogP contribution >= 0.6 is 23.2 Å². The molecule has 40 heavy (non-hydrogen) atoms. The summed E-state index contributed by atoms with van der Waals surface area (Å²) in [6, 6.07) is 9.62. The van der Waals surface area contributed by atoms with Gasteiger partial charge in [-0.25, -0.2) is 0 Å². The van der Waals surface area contributed by atoms with Crippen LogP contribution < -0.4 is 0 Å². The Balaban J connectivity index is 3.55. The van der Waals surface area contributed by atoms with Crippen LogP contribution in [0, 0.1) is 32.5 Å². The largest absolute Gasteiger partial charge is 0.120 e. The van der Waals surface area contributed by atoms with Gasteiger partial charge in [0.15, 0.2) is 0 Å². The maximum atomic E-state index is 6.79. The van der Waals surface area contributed by atoms with E-state index in [4.69, 9.17) is 23.2 Å². The first-order chi connectivity index (χ1) is 17.1. The Morgan fingerprint density at radius 1 is 0.375 bits per heavy atom. The molecule has 0 radical (unpaired) electrons. The van der Waals surface area contributed by atoms with E-state index in [1.54, 1.807) is 0 Å². The highest BCUT2D eigenvalue weighted by molar-refractivity contribution is 6.23. The Morgan fingerprint density at radius 2 is 0.575 bits per heavy atom. The van der Waals surface area contributed by atoms with Crippen LogP contribution in [-0.2, 0) is 10.8 Å². The molecule has 0 heterocycles. The molecular weight excluding hydrogens is 527 g/mol. The summed E-state index contributed by atoms with van der Waals surface area (Å²) in [4.78, 5) is -0.466. The first-order valence-corrected chi connectivity index (χ1v) is 16.4. The number of alkyl halides is 2. The van der Waals surface area contributed by atoms with Crippen molar-refractivity contribution in [2.75, 3.05) is 0 Å². The highest BCUT2D eigenvalue weighted by Gasteiger charge is 2.57. The zero-order valence-electron chi connectivity index (χ0n) is 30.5. The number of benzene rings is 1. The zero-order chi connectivity index (χ0) is 32.4. The molecule has 0 N–H and O–H groups in total. The van der Waals surface area contributed by atoms with E-state index in [0.29, 0.717) is 0 Å². The van der Waals surface area contributed by atoms with Gasteiger partial charge < -0.3 is 0 Å². The van der Waals surface area contributed by atoms with Crippen molar-refractivity contribution >= 4 is 23.2 Å². The van der Waals surface area contributed by atoms with Crippen molar-refractivity contribution in [1.29, 1.82) is 0 Å². The predicted molar refractivity (Wildman–Crippen MR) is 184 cm³/mol. The Labute approximate surface area is 262 Å². The van der Waals surface area contributed by atoms with E-state index in [1.807, 2.05) is 0 Å². The molecule has 0 aliphatic heterocycles. The van der Waals surface area contributed by atoms with Crippen LogP contribution in [0.3, 0.4) is 0 Å². The molecule has 0 nitrogen and oxygen atoms in total. The molecule has 0 saturated heterocycles. The molecule has 0 aliphatic carbocycles. The lowest BCUT2D eigenvalue weighted by molar-refractivity contribution is -0.0716. The second kappa shape index (κ2) is 10.8. The van der Waals surface area contributed by atoms with Gasteiger partial charge in [0.2, 0.25) is 0 Å². The molecule has 0 unspecified atom stereocenters. The average Bonchev–Trinajstić information content (AvgIpc) is 2.69. The minimum absolute atomic E-state index is 0.00231. The van der Waals surface area contributed by atoms with E-state index < -0.39 is 0 Å². The standard InChI is InChI=1S/C38H68Cl2/c1-29(2,25-31(5,6)39)35(13,14)37(17,18)33(9,10)27-21-23-28(24-22-27)34(11,12)38(19,20)36(15,16)30(3,4)26-32(7,8)40/h21-24H,25-26H2,1-20H3. The molecule has 234 valence electrons. The predicted octanol–water partition coefficient (Wildman–Crippen LogP) is 13.2. The van der Waals surface area contributed by atoms with E-state index in [2.05, 4.69) is 163 Å². The van der Waals surface area contributed by atoms with Crippen LogP contribution in [0.5, 0.6) is 0 Å². The third-order valence-corrected chi connectivity index (χ3v) is 14.0. The molecule has 0 atom stereocenters. The van der Waals surface area contributed by atoms with E-state index in [9.17, 15) is 0 Å². The average molecular weight is 596 g/mol. The van der Waals surface area contributed by atoms with Crippen LogP contribution in [0.15, 0.2) is 24.3 Å². The van der Waals surface area contributed by atoms with Crippen molar-refractivity contribution in [2.24, 2.45) is 32.5 Å². The molecule has 0 amide bonds. The molecule has 0 aliphatic rings. The van der Waals surface area contributed by atoms with Crippen molar-refractivity contribution in [3.8, 4) is 0 Å². The van der Waals surface area contributed by atoms with Gasteiger partial charge in [-0.1, -0.05) is 135 Å². The summed E-state index contributed by atoms with van der Waals surface area (Å²) in [5.41, 5.74) is 2.88. The second-order valence-corrected chi connectivity index (χ2v) is 20.9. The summed E-state index contributed by atoms with van der Waals surface area (Å²) in [5, 5.41) is 0. The smallest absolute Gasteiger partial charge is 0.0396 e. The fourth-order valence-corrected chi connectivity index (χ4v) is 8.49. The van der Waals surface area contributed by atoms with Crippen LogP contribution in [-0.4, -0.2) is 9.75 Å². The van der Waals surface area contributed by atoms with Crippen molar-refractivity contribution in [2.45, 2.75) is 172 Å². The summed E-state index contributed by atoms with van der Waals surface area (Å²) >= 11 is 13.6. The monoisotopic (exact) mass is 594 g/mol. The highest BCUT2D eigenvalue weighted by Crippen LogP contribution is 2.63. The van der Waals surface area contributed by atoms with Gasteiger partial charge in [-0.05, 0) is 95.0 Å². The molecule has 0 aromatic heterocycles. The minimum atomic E-state index is -0.233. The van der Waals surface area contributed by atoms with Gasteiger partial charge >= 0.3 is 0 Å². The molecule has 1 aromatic carbocycles. The Kier molecular flexibility index (Phi) is 10.2. The lowest BCUT2D eigenvalue weighted by Gasteiger charge is -2.60. The quantitative estimate of drug-likeness (QED) is 0.211. The number of hydrogen-bond donors (Lipinski definition) is 0. The zero-order valence-corrected chi connectivity index (χ0v) is 32.0. The number of halogens is 2. The van der Waals surface area contributed by atoms with Crippen LogP contribution in [0.1, 0.15) is 162 Å². The van der Waals surface area contributed by atoms with Gasteiger partial charge in [0.25, 0.3) is 0 Å². The first kappa shape index (κ1) is 37.8. The molecule has 0 bridgehead atoms. The van der Waals surface area contributed by atoms with Crippen LogP contribution in [0.2, 0.25) is 0 Å². The van der Waals surface area contributed by atoms with Crippen molar-refractivity contribution in [3.05, 3.63) is 35.4 Å². The van der Waals surface area contributed by atoms with Gasteiger partial charge in [0.05, 0.1) is 0 Å². The third kappa shape index (κ3) is 6.64. The molecule has 1 aromatic rings. The van der Waals surface area contributed by atoms with Crippen molar-refractivity contribution in [1.82, 2.24) is 0 Å². The van der Waals surface area contributed by atoms with Gasteiger partial charge in [0, 0.05) is 9.75 Å². The maximum absolute atomic E-state index is 6.79. The van der Waals surface area contributed by atoms with E-state index in [1.165, 1.54) is 11.1 Å². The second-order valence-electron chi connectivity index (χ2n) is 18.9. The fraction of sp³-hybridized carbons (Fsp3) is 0.842. The Bertz CT molecular complexity index is 914. The molecule has 0 fully saturated rings. The third-order valence-electron chi connectivity index (χ3n) is 13.7. The lowest BCUT2D eigenvalue weighted by Crippen LogP contribution is -2.55. The summed E-state index contributed by atoms with van der Waals surface area (Å²) in [6.45, 7) is 47.5. The van der Waals surface area contributed by atoms with Crippen molar-refractivity contribution in [3.63, 3.8) is 0 Å². The minimum Gasteiger partial charge on any atom is -0.120 e. The molecule has 2 heteroatoms. The van der Waals surface area contributed by atoms with Gasteiger partial charge in [-0.3, -0.25) is 0 Å². The normalized spacial score (nSPS) is 15.9. The van der Waals surface area contributed by atoms with E-state index in [0.717, 1.165) is 12.8 Å². The van der Waals surface area contributed by atoms with Gasteiger partial charge in [-0.15, -0.1) is 23.2 Å². The van der Waals surface area contributed by atoms with Crippen LogP contribution in [0.25, 0.3) is 0 Å². The summed E-state index contributed by atoms with van der Waals surface area (Å²) in [5.74, 6) is 0. The summed E-state index contributed by atoms with van der Waals surface area (Å²) in [7, 11) is 0. The first-order valence-electron chi connectivity index (χ1n) is 15.6. The maximum Gasteiger partial charge on any atom is 0.0396 e. The molecule has 1 rings (SSSR count). The fourth-order valence-electron chi connectivity index (χ4n) is 7.82. The van der Waals surface area contributed by atoms with Gasteiger partial charge in [-0.2, -0.15) is 0 Å².